The average molecular weight is 222 g/mol. The second-order valence-electron chi connectivity index (χ2n) is 2.54. The molecule has 3 heteroatoms. The van der Waals surface area contributed by atoms with Gasteiger partial charge in [-0.2, -0.15) is 0 Å². The summed E-state index contributed by atoms with van der Waals surface area (Å²) >= 11 is 0. The van der Waals surface area contributed by atoms with Crippen LogP contribution in [0, 0.1) is 5.82 Å². The van der Waals surface area contributed by atoms with Crippen LogP contribution in [-0.4, -0.2) is 4.98 Å². The third kappa shape index (κ3) is 3.50. The largest absolute Gasteiger partial charge is 0.384 e. The van der Waals surface area contributed by atoms with Crippen molar-refractivity contribution in [3.05, 3.63) is 36.1 Å². The van der Waals surface area contributed by atoms with E-state index in [2.05, 4.69) is 4.98 Å². The second-order valence-corrected chi connectivity index (χ2v) is 2.54. The number of nitrogens with zero attached hydrogens (tertiary/aromatic N) is 1. The fourth-order valence-corrected chi connectivity index (χ4v) is 1.13. The van der Waals surface area contributed by atoms with E-state index in [-0.39, 0.29) is 5.82 Å². The van der Waals surface area contributed by atoms with Gasteiger partial charge in [0, 0.05) is 5.39 Å². The fraction of sp³-hybridized carbons (Fsp3) is 0.308. The molecular formula is C13H19FN2. The third-order valence-corrected chi connectivity index (χ3v) is 1.70. The van der Waals surface area contributed by atoms with E-state index in [4.69, 9.17) is 5.73 Å². The van der Waals surface area contributed by atoms with Crippen molar-refractivity contribution in [1.29, 1.82) is 0 Å². The standard InChI is InChI=1S/C9H7FN2.2C2H6/c10-7-2-1-3-8-6(7)4-5-9(11)12-8;2*1-2/h1-5H,(H2,11,12);2*1-2H3. The fourth-order valence-electron chi connectivity index (χ4n) is 1.13. The van der Waals surface area contributed by atoms with Gasteiger partial charge in [0.05, 0.1) is 5.52 Å². The number of aromatic nitrogens is 1. The van der Waals surface area contributed by atoms with Gasteiger partial charge in [0.2, 0.25) is 0 Å². The number of fused-ring (bicyclic) bond motifs is 1. The first kappa shape index (κ1) is 14.4. The Balaban J connectivity index is 0.000000509. The van der Waals surface area contributed by atoms with Crippen LogP contribution in [0.5, 0.6) is 0 Å². The predicted octanol–water partition coefficient (Wildman–Crippen LogP) is 4.01. The summed E-state index contributed by atoms with van der Waals surface area (Å²) in [6.45, 7) is 8.00. The van der Waals surface area contributed by atoms with Crippen molar-refractivity contribution >= 4 is 16.7 Å². The zero-order valence-corrected chi connectivity index (χ0v) is 10.3. The van der Waals surface area contributed by atoms with Crippen LogP contribution in [0.15, 0.2) is 30.3 Å². The van der Waals surface area contributed by atoms with Crippen LogP contribution >= 0.6 is 0 Å². The number of hydrogen-bond acceptors (Lipinski definition) is 2. The Hall–Kier alpha value is -1.64. The van der Waals surface area contributed by atoms with Gasteiger partial charge in [0.15, 0.2) is 0 Å². The van der Waals surface area contributed by atoms with Crippen molar-refractivity contribution in [1.82, 2.24) is 4.98 Å². The zero-order chi connectivity index (χ0) is 12.6. The van der Waals surface area contributed by atoms with Crippen molar-refractivity contribution < 1.29 is 4.39 Å². The van der Waals surface area contributed by atoms with Crippen LogP contribution in [0.2, 0.25) is 0 Å². The lowest BCUT2D eigenvalue weighted by atomic mass is 10.2. The van der Waals surface area contributed by atoms with Crippen molar-refractivity contribution in [3.63, 3.8) is 0 Å². The molecule has 0 saturated carbocycles. The van der Waals surface area contributed by atoms with Gasteiger partial charge in [-0.15, -0.1) is 0 Å². The van der Waals surface area contributed by atoms with Crippen molar-refractivity contribution in [2.45, 2.75) is 27.7 Å². The van der Waals surface area contributed by atoms with Gasteiger partial charge < -0.3 is 5.73 Å². The molecule has 88 valence electrons. The van der Waals surface area contributed by atoms with Gasteiger partial charge >= 0.3 is 0 Å². The molecule has 2 aromatic rings. The Labute approximate surface area is 96.3 Å². The molecule has 2 nitrogen and oxygen atoms in total. The summed E-state index contributed by atoms with van der Waals surface area (Å²) in [7, 11) is 0. The van der Waals surface area contributed by atoms with E-state index in [1.807, 2.05) is 27.7 Å². The molecule has 0 bridgehead atoms. The maximum absolute atomic E-state index is 13.0. The van der Waals surface area contributed by atoms with Crippen LogP contribution in [0.4, 0.5) is 10.2 Å². The Kier molecular flexibility index (Phi) is 6.84. The molecule has 0 amide bonds. The molecule has 16 heavy (non-hydrogen) atoms. The Morgan fingerprint density at radius 2 is 1.62 bits per heavy atom. The van der Waals surface area contributed by atoms with E-state index in [1.165, 1.54) is 6.07 Å². The molecule has 0 saturated heterocycles. The summed E-state index contributed by atoms with van der Waals surface area (Å²) in [4.78, 5) is 3.97. The van der Waals surface area contributed by atoms with E-state index < -0.39 is 0 Å². The maximum Gasteiger partial charge on any atom is 0.132 e. The summed E-state index contributed by atoms with van der Waals surface area (Å²) in [5.74, 6) is 0.146. The number of rotatable bonds is 0. The molecule has 0 aliphatic carbocycles. The molecule has 0 fully saturated rings. The van der Waals surface area contributed by atoms with Crippen LogP contribution in [0.25, 0.3) is 10.9 Å². The number of hydrogen-bond donors (Lipinski definition) is 1. The Bertz CT molecular complexity index is 427. The first-order chi connectivity index (χ1) is 7.77. The van der Waals surface area contributed by atoms with E-state index >= 15 is 0 Å². The van der Waals surface area contributed by atoms with E-state index in [9.17, 15) is 4.39 Å². The Morgan fingerprint density at radius 3 is 2.25 bits per heavy atom. The molecule has 0 aliphatic heterocycles. The van der Waals surface area contributed by atoms with E-state index in [0.29, 0.717) is 16.7 Å². The molecule has 0 aliphatic rings. The SMILES string of the molecule is CC.CC.Nc1ccc2c(F)cccc2n1. The van der Waals surface area contributed by atoms with Crippen LogP contribution in [0.3, 0.4) is 0 Å². The number of benzene rings is 1. The first-order valence-electron chi connectivity index (χ1n) is 5.58. The lowest BCUT2D eigenvalue weighted by molar-refractivity contribution is 0.639. The minimum absolute atomic E-state index is 0.264. The number of nitrogen functional groups attached to an aromatic ring is 1. The van der Waals surface area contributed by atoms with E-state index in [0.717, 1.165) is 0 Å². The molecule has 2 rings (SSSR count). The summed E-state index contributed by atoms with van der Waals surface area (Å²) in [5, 5.41) is 0.506. The highest BCUT2D eigenvalue weighted by Crippen LogP contribution is 2.16. The minimum Gasteiger partial charge on any atom is -0.384 e. The monoisotopic (exact) mass is 222 g/mol. The smallest absolute Gasteiger partial charge is 0.132 e. The molecule has 1 aromatic heterocycles. The van der Waals surface area contributed by atoms with E-state index in [1.54, 1.807) is 24.3 Å². The van der Waals surface area contributed by atoms with Crippen molar-refractivity contribution in [3.8, 4) is 0 Å². The molecule has 1 aromatic carbocycles. The highest BCUT2D eigenvalue weighted by Gasteiger charge is 1.99. The van der Waals surface area contributed by atoms with Crippen molar-refractivity contribution in [2.75, 3.05) is 5.73 Å². The van der Waals surface area contributed by atoms with Crippen LogP contribution in [0.1, 0.15) is 27.7 Å². The lowest BCUT2D eigenvalue weighted by Crippen LogP contribution is -1.90. The van der Waals surface area contributed by atoms with Gasteiger partial charge in [0.25, 0.3) is 0 Å². The zero-order valence-electron chi connectivity index (χ0n) is 10.3. The molecule has 1 heterocycles. The van der Waals surface area contributed by atoms with Crippen molar-refractivity contribution in [2.24, 2.45) is 0 Å². The number of anilines is 1. The number of halogens is 1. The van der Waals surface area contributed by atoms with Gasteiger partial charge in [-0.3, -0.25) is 0 Å². The topological polar surface area (TPSA) is 38.9 Å². The van der Waals surface area contributed by atoms with Crippen LogP contribution < -0.4 is 5.73 Å². The van der Waals surface area contributed by atoms with Crippen LogP contribution in [-0.2, 0) is 0 Å². The summed E-state index contributed by atoms with van der Waals surface area (Å²) in [5.41, 5.74) is 6.03. The maximum atomic E-state index is 13.0. The number of nitrogens with two attached hydrogens (primary N) is 1. The minimum atomic E-state index is -0.264. The molecule has 2 N–H and O–H groups in total. The molecular weight excluding hydrogens is 203 g/mol. The normalized spacial score (nSPS) is 8.56. The molecule has 0 atom stereocenters. The summed E-state index contributed by atoms with van der Waals surface area (Å²) < 4.78 is 13.0. The molecule has 0 unspecified atom stereocenters. The highest BCUT2D eigenvalue weighted by molar-refractivity contribution is 5.80. The number of pyridine rings is 1. The predicted molar refractivity (Wildman–Crippen MR) is 68.8 cm³/mol. The summed E-state index contributed by atoms with van der Waals surface area (Å²) in [6.07, 6.45) is 0. The highest BCUT2D eigenvalue weighted by atomic mass is 19.1. The quantitative estimate of drug-likeness (QED) is 0.731. The average Bonchev–Trinajstić information content (AvgIpc) is 2.34. The molecule has 0 spiro atoms. The first-order valence-corrected chi connectivity index (χ1v) is 5.58. The second kappa shape index (κ2) is 7.63. The molecule has 0 radical (unpaired) electrons. The van der Waals surface area contributed by atoms with Gasteiger partial charge in [-0.05, 0) is 24.3 Å². The lowest BCUT2D eigenvalue weighted by Gasteiger charge is -1.98. The Morgan fingerprint density at radius 1 is 1.00 bits per heavy atom. The summed E-state index contributed by atoms with van der Waals surface area (Å²) in [6, 6.07) is 7.97. The third-order valence-electron chi connectivity index (χ3n) is 1.70. The van der Waals surface area contributed by atoms with Gasteiger partial charge in [0.1, 0.15) is 11.6 Å². The van der Waals surface area contributed by atoms with Gasteiger partial charge in [-0.1, -0.05) is 33.8 Å². The van der Waals surface area contributed by atoms with Gasteiger partial charge in [-0.25, -0.2) is 9.37 Å².